The normalized spacial score (nSPS) is 15.4. The van der Waals surface area contributed by atoms with Crippen LogP contribution in [0, 0.1) is 0 Å². The fraction of sp³-hybridized carbons (Fsp3) is 0.360. The molecule has 3 aliphatic rings. The molecule has 4 heteroatoms. The zero-order chi connectivity index (χ0) is 56.6. The van der Waals surface area contributed by atoms with Gasteiger partial charge in [-0.3, -0.25) is 0 Å². The van der Waals surface area contributed by atoms with Crippen molar-refractivity contribution in [2.75, 3.05) is 32.9 Å². The van der Waals surface area contributed by atoms with Gasteiger partial charge in [-0.25, -0.2) is 0 Å². The van der Waals surface area contributed by atoms with Gasteiger partial charge < -0.3 is 19.6 Å². The molecule has 4 nitrogen and oxygen atoms in total. The molecule has 2 heterocycles. The SMILES string of the molecule is CC(C)(C)c1cc(C(C)(C)C)c(-c2cccc(N3CN(C4(N5CN(c6cccc(-c7c(C(C)(C)C)cc(C(C)(C)C)cc7C(C)(C)C)c6)c6ccccc65)c5ccccc5-c5ccccc54)c4ccccc43)c2)c(C(C)(C)C)c1. The van der Waals surface area contributed by atoms with Crippen molar-refractivity contribution >= 4 is 34.1 Å². The van der Waals surface area contributed by atoms with E-state index in [4.69, 9.17) is 0 Å². The molecule has 79 heavy (non-hydrogen) atoms. The van der Waals surface area contributed by atoms with Crippen LogP contribution < -0.4 is 19.6 Å². The largest absolute Gasteiger partial charge is 0.321 e. The van der Waals surface area contributed by atoms with Crippen molar-refractivity contribution in [3.63, 3.8) is 0 Å². The minimum atomic E-state index is -0.749. The Balaban J connectivity index is 1.09. The van der Waals surface area contributed by atoms with Crippen molar-refractivity contribution in [1.82, 2.24) is 0 Å². The number of hydrogen-bond donors (Lipinski definition) is 0. The summed E-state index contributed by atoms with van der Waals surface area (Å²) in [5, 5.41) is 0. The number of nitrogens with zero attached hydrogens (tertiary/aromatic N) is 4. The highest BCUT2D eigenvalue weighted by Crippen LogP contribution is 2.61. The molecule has 1 aliphatic carbocycles. The standard InChI is InChI=1S/C75H86N4/c1-69(2,3)51-43-59(71(7,8)9)67(60(44-51)72(10,11)12)49-29-27-31-53(41-49)76-47-78(65-39-25-23-37-63(65)76)75(57-35-21-19-33-55(57)56-34-20-22-36-58(56)75)79-48-77(64-38-24-26-40-66(64)79)54-32-28-30-50(42-54)68-61(73(13,14)15)45-52(70(4,5)6)46-62(68)74(16,17)18/h19-46H,47-48H2,1-18H3. The van der Waals surface area contributed by atoms with Crippen LogP contribution in [-0.2, 0) is 38.2 Å². The zero-order valence-corrected chi connectivity index (χ0v) is 50.9. The molecule has 0 N–H and O–H groups in total. The van der Waals surface area contributed by atoms with Gasteiger partial charge in [0.1, 0.15) is 0 Å². The molecule has 0 spiro atoms. The molecule has 0 bridgehead atoms. The smallest absolute Gasteiger partial charge is 0.170 e. The lowest BCUT2D eigenvalue weighted by Gasteiger charge is -2.49. The van der Waals surface area contributed by atoms with Gasteiger partial charge in [-0.05, 0) is 148 Å². The Morgan fingerprint density at radius 1 is 0.304 bits per heavy atom. The maximum atomic E-state index is 2.73. The summed E-state index contributed by atoms with van der Waals surface area (Å²) in [5.74, 6) is 0. The van der Waals surface area contributed by atoms with E-state index in [0.29, 0.717) is 13.3 Å². The maximum Gasteiger partial charge on any atom is 0.170 e. The van der Waals surface area contributed by atoms with Gasteiger partial charge >= 0.3 is 0 Å². The molecule has 0 saturated heterocycles. The first-order valence-electron chi connectivity index (χ1n) is 29.1. The first-order chi connectivity index (χ1) is 37.0. The van der Waals surface area contributed by atoms with E-state index in [1.165, 1.54) is 112 Å². The number of rotatable bonds is 6. The van der Waals surface area contributed by atoms with E-state index in [1.54, 1.807) is 0 Å². The predicted molar refractivity (Wildman–Crippen MR) is 340 cm³/mol. The fourth-order valence-electron chi connectivity index (χ4n) is 13.1. The van der Waals surface area contributed by atoms with E-state index < -0.39 is 5.66 Å². The average molecular weight is 1040 g/mol. The molecule has 0 unspecified atom stereocenters. The van der Waals surface area contributed by atoms with E-state index in [1.807, 2.05) is 0 Å². The van der Waals surface area contributed by atoms with E-state index in [-0.39, 0.29) is 32.5 Å². The fourth-order valence-corrected chi connectivity index (χ4v) is 13.1. The van der Waals surface area contributed by atoms with Crippen LogP contribution in [0.15, 0.2) is 170 Å². The summed E-state index contributed by atoms with van der Waals surface area (Å²) in [6.07, 6.45) is 0. The van der Waals surface area contributed by atoms with Crippen molar-refractivity contribution in [2.24, 2.45) is 0 Å². The van der Waals surface area contributed by atoms with Crippen LogP contribution in [0.3, 0.4) is 0 Å². The Bertz CT molecular complexity index is 3350. The maximum absolute atomic E-state index is 2.73. The first kappa shape index (κ1) is 53.9. The molecule has 0 amide bonds. The van der Waals surface area contributed by atoms with Crippen LogP contribution in [0.5, 0.6) is 0 Å². The van der Waals surface area contributed by atoms with E-state index >= 15 is 0 Å². The van der Waals surface area contributed by atoms with Gasteiger partial charge in [-0.1, -0.05) is 246 Å². The lowest BCUT2D eigenvalue weighted by atomic mass is 9.71. The van der Waals surface area contributed by atoms with Crippen molar-refractivity contribution in [3.05, 3.63) is 214 Å². The number of anilines is 6. The second-order valence-corrected chi connectivity index (χ2v) is 29.2. The van der Waals surface area contributed by atoms with Crippen LogP contribution >= 0.6 is 0 Å². The minimum Gasteiger partial charge on any atom is -0.321 e. The van der Waals surface area contributed by atoms with Crippen LogP contribution in [0.1, 0.15) is 169 Å². The molecule has 11 rings (SSSR count). The monoisotopic (exact) mass is 1040 g/mol. The summed E-state index contributed by atoms with van der Waals surface area (Å²) >= 11 is 0. The Kier molecular flexibility index (Phi) is 12.6. The minimum absolute atomic E-state index is 0.0126. The lowest BCUT2D eigenvalue weighted by Crippen LogP contribution is -2.59. The topological polar surface area (TPSA) is 13.0 Å². The van der Waals surface area contributed by atoms with Gasteiger partial charge in [-0.2, -0.15) is 0 Å². The van der Waals surface area contributed by atoms with Crippen LogP contribution in [0.2, 0.25) is 0 Å². The summed E-state index contributed by atoms with van der Waals surface area (Å²) in [4.78, 5) is 10.6. The molecule has 0 atom stereocenters. The Hall–Kier alpha value is -7.04. The van der Waals surface area contributed by atoms with Gasteiger partial charge in [0.15, 0.2) is 5.66 Å². The van der Waals surface area contributed by atoms with Gasteiger partial charge in [0.2, 0.25) is 0 Å². The third kappa shape index (κ3) is 9.06. The number of fused-ring (bicyclic) bond motifs is 5. The highest BCUT2D eigenvalue weighted by Gasteiger charge is 2.57. The van der Waals surface area contributed by atoms with Gasteiger partial charge in [0.25, 0.3) is 0 Å². The molecule has 0 fully saturated rings. The molecule has 0 aromatic heterocycles. The highest BCUT2D eigenvalue weighted by atomic mass is 15.5. The third-order valence-electron chi connectivity index (χ3n) is 17.3. The predicted octanol–water partition coefficient (Wildman–Crippen LogP) is 20.2. The second kappa shape index (κ2) is 18.5. The number of hydrogen-bond acceptors (Lipinski definition) is 4. The second-order valence-electron chi connectivity index (χ2n) is 29.2. The quantitative estimate of drug-likeness (QED) is 0.165. The van der Waals surface area contributed by atoms with Crippen molar-refractivity contribution in [3.8, 4) is 33.4 Å². The van der Waals surface area contributed by atoms with E-state index in [0.717, 1.165) is 0 Å². The van der Waals surface area contributed by atoms with Gasteiger partial charge in [0.05, 0.1) is 36.1 Å². The van der Waals surface area contributed by atoms with Gasteiger partial charge in [0, 0.05) is 22.5 Å². The number of para-hydroxylation sites is 4. The summed E-state index contributed by atoms with van der Waals surface area (Å²) in [5.41, 5.74) is 24.9. The molecular formula is C75H86N4. The first-order valence-corrected chi connectivity index (χ1v) is 29.1. The Labute approximate surface area is 475 Å². The summed E-state index contributed by atoms with van der Waals surface area (Å²) in [6, 6.07) is 65.7. The van der Waals surface area contributed by atoms with Crippen molar-refractivity contribution in [2.45, 2.75) is 163 Å². The number of benzene rings is 8. The summed E-state index contributed by atoms with van der Waals surface area (Å²) in [6.45, 7) is 43.9. The third-order valence-corrected chi connectivity index (χ3v) is 17.3. The zero-order valence-electron chi connectivity index (χ0n) is 50.9. The molecule has 2 aliphatic heterocycles. The molecule has 0 radical (unpaired) electrons. The molecule has 8 aromatic rings. The Morgan fingerprint density at radius 3 is 0.924 bits per heavy atom. The van der Waals surface area contributed by atoms with Gasteiger partial charge in [-0.15, -0.1) is 0 Å². The molecule has 406 valence electrons. The average Bonchev–Trinajstić information content (AvgIpc) is 1.98. The van der Waals surface area contributed by atoms with E-state index in [9.17, 15) is 0 Å². The summed E-state index contributed by atoms with van der Waals surface area (Å²) in [7, 11) is 0. The van der Waals surface area contributed by atoms with Crippen molar-refractivity contribution < 1.29 is 0 Å². The van der Waals surface area contributed by atoms with Crippen LogP contribution in [-0.4, -0.2) is 13.3 Å². The van der Waals surface area contributed by atoms with Crippen LogP contribution in [0.4, 0.5) is 34.1 Å². The van der Waals surface area contributed by atoms with Crippen molar-refractivity contribution in [1.29, 1.82) is 0 Å². The molecular weight excluding hydrogens is 957 g/mol. The lowest BCUT2D eigenvalue weighted by molar-refractivity contribution is 0.472. The molecule has 8 aromatic carbocycles. The molecule has 0 saturated carbocycles. The summed E-state index contributed by atoms with van der Waals surface area (Å²) < 4.78 is 0. The Morgan fingerprint density at radius 2 is 0.608 bits per heavy atom. The van der Waals surface area contributed by atoms with E-state index in [2.05, 4.69) is 314 Å². The van der Waals surface area contributed by atoms with Crippen LogP contribution in [0.25, 0.3) is 33.4 Å². The highest BCUT2D eigenvalue weighted by molar-refractivity contribution is 5.95.